The Morgan fingerprint density at radius 1 is 1.33 bits per heavy atom. The summed E-state index contributed by atoms with van der Waals surface area (Å²) in [4.78, 5) is 26.5. The highest BCUT2D eigenvalue weighted by molar-refractivity contribution is 5.84. The summed E-state index contributed by atoms with van der Waals surface area (Å²) in [6.07, 6.45) is -0.737. The fourth-order valence-electron chi connectivity index (χ4n) is 2.79. The van der Waals surface area contributed by atoms with Gasteiger partial charge in [-0.25, -0.2) is 14.5 Å². The fraction of sp³-hybridized carbons (Fsp3) is 0.714. The smallest absolute Gasteiger partial charge is 0.377 e. The van der Waals surface area contributed by atoms with Gasteiger partial charge in [-0.15, -0.1) is 5.10 Å². The minimum Gasteiger partial charge on any atom is -0.463 e. The van der Waals surface area contributed by atoms with E-state index in [2.05, 4.69) is 14.8 Å². The molecule has 3 rings (SSSR count). The summed E-state index contributed by atoms with van der Waals surface area (Å²) in [5, 5.41) is 4.06. The normalized spacial score (nSPS) is 30.8. The van der Waals surface area contributed by atoms with Crippen LogP contribution in [0.15, 0.2) is 6.33 Å². The maximum absolute atomic E-state index is 11.5. The highest BCUT2D eigenvalue weighted by Crippen LogP contribution is 2.42. The number of rotatable bonds is 4. The summed E-state index contributed by atoms with van der Waals surface area (Å²) in [5.41, 5.74) is 0. The molecule has 1 aromatic rings. The average Bonchev–Trinajstić information content (AvgIpc) is 3.17. The van der Waals surface area contributed by atoms with E-state index in [-0.39, 0.29) is 12.4 Å². The van der Waals surface area contributed by atoms with Crippen molar-refractivity contribution in [2.45, 2.75) is 51.1 Å². The Hall–Kier alpha value is -2.04. The highest BCUT2D eigenvalue weighted by Gasteiger charge is 2.56. The van der Waals surface area contributed by atoms with Crippen molar-refractivity contribution in [3.8, 4) is 0 Å². The van der Waals surface area contributed by atoms with Crippen LogP contribution in [0.5, 0.6) is 0 Å². The standard InChI is InChI=1S/C14H19N3O7/c1-7(18)21-5-8-9-10(24-14(2,3)23-9)12(22-8)17-6-15-11(16-17)13(19)20-4/h6,8-10,12H,5H2,1-4H3/t8-,9+,10-,12-/m1/s1. The molecule has 3 heterocycles. The largest absolute Gasteiger partial charge is 0.463 e. The number of hydrogen-bond donors (Lipinski definition) is 0. The van der Waals surface area contributed by atoms with Crippen molar-refractivity contribution in [3.05, 3.63) is 12.2 Å². The summed E-state index contributed by atoms with van der Waals surface area (Å²) in [5.74, 6) is -1.95. The van der Waals surface area contributed by atoms with Gasteiger partial charge in [0.2, 0.25) is 0 Å². The van der Waals surface area contributed by atoms with Crippen molar-refractivity contribution < 1.29 is 33.3 Å². The van der Waals surface area contributed by atoms with E-state index in [1.54, 1.807) is 13.8 Å². The molecule has 1 aromatic heterocycles. The predicted octanol–water partition coefficient (Wildman–Crippen LogP) is 0.0453. The van der Waals surface area contributed by atoms with E-state index < -0.39 is 42.3 Å². The first-order valence-electron chi connectivity index (χ1n) is 7.44. The molecule has 10 heteroatoms. The molecule has 0 unspecified atom stereocenters. The summed E-state index contributed by atoms with van der Waals surface area (Å²) in [7, 11) is 1.25. The van der Waals surface area contributed by atoms with Gasteiger partial charge in [0, 0.05) is 6.92 Å². The van der Waals surface area contributed by atoms with Gasteiger partial charge in [-0.2, -0.15) is 0 Å². The average molecular weight is 341 g/mol. The molecule has 0 saturated carbocycles. The lowest BCUT2D eigenvalue weighted by Gasteiger charge is -2.23. The number of esters is 2. The van der Waals surface area contributed by atoms with Crippen molar-refractivity contribution in [1.82, 2.24) is 14.8 Å². The molecule has 132 valence electrons. The lowest BCUT2D eigenvalue weighted by atomic mass is 10.1. The number of nitrogens with zero attached hydrogens (tertiary/aromatic N) is 3. The summed E-state index contributed by atoms with van der Waals surface area (Å²) in [6.45, 7) is 4.92. The first-order chi connectivity index (χ1) is 11.3. The van der Waals surface area contributed by atoms with Crippen LogP contribution in [0, 0.1) is 0 Å². The van der Waals surface area contributed by atoms with Gasteiger partial charge in [-0.3, -0.25) is 4.79 Å². The second-order valence-electron chi connectivity index (χ2n) is 5.97. The quantitative estimate of drug-likeness (QED) is 0.701. The van der Waals surface area contributed by atoms with Gasteiger partial charge < -0.3 is 23.7 Å². The van der Waals surface area contributed by atoms with Crippen LogP contribution >= 0.6 is 0 Å². The van der Waals surface area contributed by atoms with E-state index in [1.165, 1.54) is 25.0 Å². The first kappa shape index (κ1) is 16.8. The van der Waals surface area contributed by atoms with Gasteiger partial charge in [-0.1, -0.05) is 0 Å². The molecule has 24 heavy (non-hydrogen) atoms. The van der Waals surface area contributed by atoms with Gasteiger partial charge in [-0.05, 0) is 13.8 Å². The zero-order chi connectivity index (χ0) is 17.5. The molecule has 0 aliphatic carbocycles. The second kappa shape index (κ2) is 6.11. The van der Waals surface area contributed by atoms with Crippen molar-refractivity contribution in [3.63, 3.8) is 0 Å². The Balaban J connectivity index is 1.81. The van der Waals surface area contributed by atoms with Crippen LogP contribution in [0.1, 0.15) is 37.6 Å². The van der Waals surface area contributed by atoms with E-state index in [0.717, 1.165) is 0 Å². The van der Waals surface area contributed by atoms with E-state index in [0.29, 0.717) is 0 Å². The van der Waals surface area contributed by atoms with Crippen LogP contribution < -0.4 is 0 Å². The van der Waals surface area contributed by atoms with Gasteiger partial charge in [0.15, 0.2) is 12.0 Å². The molecule has 2 fully saturated rings. The number of carbonyl (C=O) groups excluding carboxylic acids is 2. The van der Waals surface area contributed by atoms with Crippen LogP contribution in [0.4, 0.5) is 0 Å². The number of hydrogen-bond acceptors (Lipinski definition) is 9. The molecule has 0 aromatic carbocycles. The van der Waals surface area contributed by atoms with Crippen molar-refractivity contribution in [2.24, 2.45) is 0 Å². The third-order valence-corrected chi connectivity index (χ3v) is 3.71. The predicted molar refractivity (Wildman–Crippen MR) is 75.7 cm³/mol. The fourth-order valence-corrected chi connectivity index (χ4v) is 2.79. The molecular weight excluding hydrogens is 322 g/mol. The maximum atomic E-state index is 11.5. The third kappa shape index (κ3) is 3.12. The monoisotopic (exact) mass is 341 g/mol. The lowest BCUT2D eigenvalue weighted by molar-refractivity contribution is -0.203. The Bertz CT molecular complexity index is 644. The van der Waals surface area contributed by atoms with Crippen LogP contribution in [0.3, 0.4) is 0 Å². The molecule has 2 aliphatic heterocycles. The molecule has 10 nitrogen and oxygen atoms in total. The molecule has 0 N–H and O–H groups in total. The number of fused-ring (bicyclic) bond motifs is 1. The summed E-state index contributed by atoms with van der Waals surface area (Å²) in [6, 6.07) is 0. The molecule has 0 radical (unpaired) electrons. The molecule has 4 atom stereocenters. The van der Waals surface area contributed by atoms with Crippen LogP contribution in [-0.4, -0.2) is 64.5 Å². The highest BCUT2D eigenvalue weighted by atomic mass is 16.8. The molecule has 2 saturated heterocycles. The summed E-state index contributed by atoms with van der Waals surface area (Å²) < 4.78 is 28.6. The maximum Gasteiger partial charge on any atom is 0.377 e. The molecule has 0 bridgehead atoms. The van der Waals surface area contributed by atoms with Crippen LogP contribution in [-0.2, 0) is 28.5 Å². The summed E-state index contributed by atoms with van der Waals surface area (Å²) >= 11 is 0. The van der Waals surface area contributed by atoms with Crippen molar-refractivity contribution >= 4 is 11.9 Å². The van der Waals surface area contributed by atoms with E-state index >= 15 is 0 Å². The van der Waals surface area contributed by atoms with Gasteiger partial charge >= 0.3 is 11.9 Å². The van der Waals surface area contributed by atoms with Crippen LogP contribution in [0.2, 0.25) is 0 Å². The second-order valence-corrected chi connectivity index (χ2v) is 5.97. The van der Waals surface area contributed by atoms with E-state index in [9.17, 15) is 9.59 Å². The minimum absolute atomic E-state index is 0.0327. The Morgan fingerprint density at radius 2 is 2.04 bits per heavy atom. The SMILES string of the molecule is COC(=O)c1ncn([C@@H]2O[C@H](COC(C)=O)[C@@H]3OC(C)(C)O[C@H]32)n1. The van der Waals surface area contributed by atoms with Crippen molar-refractivity contribution in [2.75, 3.05) is 13.7 Å². The van der Waals surface area contributed by atoms with Crippen molar-refractivity contribution in [1.29, 1.82) is 0 Å². The topological polar surface area (TPSA) is 111 Å². The van der Waals surface area contributed by atoms with Gasteiger partial charge in [0.05, 0.1) is 7.11 Å². The molecular formula is C14H19N3O7. The van der Waals surface area contributed by atoms with Gasteiger partial charge in [0.25, 0.3) is 5.82 Å². The number of carbonyl (C=O) groups is 2. The van der Waals surface area contributed by atoms with E-state index in [4.69, 9.17) is 18.9 Å². The Labute approximate surface area is 138 Å². The first-order valence-corrected chi connectivity index (χ1v) is 7.44. The number of aromatic nitrogens is 3. The third-order valence-electron chi connectivity index (χ3n) is 3.71. The minimum atomic E-state index is -0.808. The molecule has 2 aliphatic rings. The Kier molecular flexibility index (Phi) is 4.28. The Morgan fingerprint density at radius 3 is 2.71 bits per heavy atom. The lowest BCUT2D eigenvalue weighted by Crippen LogP contribution is -2.33. The zero-order valence-corrected chi connectivity index (χ0v) is 13.8. The number of methoxy groups -OCH3 is 1. The molecule has 0 spiro atoms. The zero-order valence-electron chi connectivity index (χ0n) is 13.8. The van der Waals surface area contributed by atoms with E-state index in [1.807, 2.05) is 0 Å². The number of ether oxygens (including phenoxy) is 5. The van der Waals surface area contributed by atoms with Gasteiger partial charge in [0.1, 0.15) is 31.2 Å². The molecule has 0 amide bonds. The van der Waals surface area contributed by atoms with Crippen LogP contribution in [0.25, 0.3) is 0 Å².